The lowest BCUT2D eigenvalue weighted by Crippen LogP contribution is -2.14. The molecule has 3 heterocycles. The van der Waals surface area contributed by atoms with Gasteiger partial charge in [-0.1, -0.05) is 0 Å². The Labute approximate surface area is 87.2 Å². The summed E-state index contributed by atoms with van der Waals surface area (Å²) < 4.78 is 1.81. The fourth-order valence-corrected chi connectivity index (χ4v) is 1.78. The molecule has 1 N–H and O–H groups in total. The van der Waals surface area contributed by atoms with Crippen LogP contribution < -0.4 is 5.32 Å². The summed E-state index contributed by atoms with van der Waals surface area (Å²) in [5.41, 5.74) is 2.28. The topological polar surface area (TPSA) is 55.6 Å². The smallest absolute Gasteiger partial charge is 0.139 e. The van der Waals surface area contributed by atoms with Crippen LogP contribution in [-0.2, 0) is 6.42 Å². The van der Waals surface area contributed by atoms with Crippen LogP contribution in [0.5, 0.6) is 0 Å². The summed E-state index contributed by atoms with van der Waals surface area (Å²) in [5, 5.41) is 10.9. The average Bonchev–Trinajstić information content (AvgIpc) is 2.82. The molecule has 0 spiro atoms. The summed E-state index contributed by atoms with van der Waals surface area (Å²) in [7, 11) is 0. The number of aromatic nitrogens is 4. The van der Waals surface area contributed by atoms with Crippen LogP contribution in [0.15, 0.2) is 24.8 Å². The Morgan fingerprint density at radius 2 is 2.07 bits per heavy atom. The second kappa shape index (κ2) is 3.34. The van der Waals surface area contributed by atoms with E-state index in [-0.39, 0.29) is 0 Å². The standard InChI is InChI=1S/C10H11N5/c1-2-9-8(11-5-1)3-4-10(14-9)15-6-12-13-7-15/h3-4,6-7,11H,1-2,5H2. The predicted octanol–water partition coefficient (Wildman–Crippen LogP) is 1.02. The zero-order valence-corrected chi connectivity index (χ0v) is 8.22. The number of nitrogens with zero attached hydrogens (tertiary/aromatic N) is 4. The van der Waals surface area contributed by atoms with E-state index in [1.54, 1.807) is 12.7 Å². The zero-order chi connectivity index (χ0) is 10.1. The highest BCUT2D eigenvalue weighted by Gasteiger charge is 2.10. The SMILES string of the molecule is c1cc2c(nc1-n1cnnc1)CCCN2. The zero-order valence-electron chi connectivity index (χ0n) is 8.22. The van der Waals surface area contributed by atoms with Crippen molar-refractivity contribution in [3.8, 4) is 5.82 Å². The molecule has 0 aromatic carbocycles. The molecular weight excluding hydrogens is 190 g/mol. The van der Waals surface area contributed by atoms with Gasteiger partial charge >= 0.3 is 0 Å². The maximum Gasteiger partial charge on any atom is 0.139 e. The molecule has 0 fully saturated rings. The first-order valence-corrected chi connectivity index (χ1v) is 5.02. The Morgan fingerprint density at radius 1 is 1.20 bits per heavy atom. The van der Waals surface area contributed by atoms with Gasteiger partial charge in [-0.2, -0.15) is 0 Å². The largest absolute Gasteiger partial charge is 0.384 e. The maximum atomic E-state index is 4.58. The summed E-state index contributed by atoms with van der Waals surface area (Å²) in [6, 6.07) is 4.04. The van der Waals surface area contributed by atoms with E-state index in [1.807, 2.05) is 10.6 Å². The summed E-state index contributed by atoms with van der Waals surface area (Å²) in [4.78, 5) is 4.58. The third-order valence-electron chi connectivity index (χ3n) is 2.55. The van der Waals surface area contributed by atoms with Gasteiger partial charge in [-0.05, 0) is 25.0 Å². The Bertz CT molecular complexity index is 463. The van der Waals surface area contributed by atoms with E-state index in [0.29, 0.717) is 0 Å². The van der Waals surface area contributed by atoms with Gasteiger partial charge in [-0.3, -0.25) is 4.57 Å². The van der Waals surface area contributed by atoms with Crippen molar-refractivity contribution >= 4 is 5.69 Å². The van der Waals surface area contributed by atoms with Gasteiger partial charge in [0, 0.05) is 6.54 Å². The van der Waals surface area contributed by atoms with Crippen LogP contribution in [0.3, 0.4) is 0 Å². The molecule has 2 aromatic heterocycles. The summed E-state index contributed by atoms with van der Waals surface area (Å²) >= 11 is 0. The van der Waals surface area contributed by atoms with Crippen LogP contribution in [0, 0.1) is 0 Å². The van der Waals surface area contributed by atoms with Gasteiger partial charge in [0.15, 0.2) is 0 Å². The lowest BCUT2D eigenvalue weighted by atomic mass is 10.1. The van der Waals surface area contributed by atoms with Gasteiger partial charge in [0.1, 0.15) is 18.5 Å². The van der Waals surface area contributed by atoms with Crippen LogP contribution in [-0.4, -0.2) is 26.3 Å². The minimum atomic E-state index is 0.877. The van der Waals surface area contributed by atoms with Gasteiger partial charge in [0.25, 0.3) is 0 Å². The van der Waals surface area contributed by atoms with Gasteiger partial charge in [0.05, 0.1) is 11.4 Å². The van der Waals surface area contributed by atoms with Crippen LogP contribution in [0.2, 0.25) is 0 Å². The molecule has 5 nitrogen and oxygen atoms in total. The van der Waals surface area contributed by atoms with Crippen LogP contribution in [0.1, 0.15) is 12.1 Å². The number of hydrogen-bond acceptors (Lipinski definition) is 4. The minimum Gasteiger partial charge on any atom is -0.384 e. The molecule has 2 aromatic rings. The van der Waals surface area contributed by atoms with Crippen molar-refractivity contribution in [2.45, 2.75) is 12.8 Å². The highest BCUT2D eigenvalue weighted by molar-refractivity contribution is 5.51. The van der Waals surface area contributed by atoms with Crippen molar-refractivity contribution in [3.63, 3.8) is 0 Å². The molecule has 0 aliphatic carbocycles. The molecule has 1 aliphatic rings. The van der Waals surface area contributed by atoms with Crippen molar-refractivity contribution < 1.29 is 0 Å². The maximum absolute atomic E-state index is 4.58. The van der Waals surface area contributed by atoms with Crippen molar-refractivity contribution in [3.05, 3.63) is 30.5 Å². The fraction of sp³-hybridized carbons (Fsp3) is 0.300. The first-order valence-electron chi connectivity index (χ1n) is 5.02. The molecule has 0 amide bonds. The molecule has 0 unspecified atom stereocenters. The Hall–Kier alpha value is -1.91. The second-order valence-electron chi connectivity index (χ2n) is 3.56. The number of pyridine rings is 1. The van der Waals surface area contributed by atoms with E-state index < -0.39 is 0 Å². The number of nitrogens with one attached hydrogen (secondary N) is 1. The van der Waals surface area contributed by atoms with Crippen molar-refractivity contribution in [1.82, 2.24) is 19.7 Å². The molecule has 0 saturated carbocycles. The molecule has 1 aliphatic heterocycles. The summed E-state index contributed by atoms with van der Waals surface area (Å²) in [6.07, 6.45) is 5.50. The molecular formula is C10H11N5. The highest BCUT2D eigenvalue weighted by Crippen LogP contribution is 2.20. The van der Waals surface area contributed by atoms with Crippen LogP contribution in [0.4, 0.5) is 5.69 Å². The Kier molecular flexibility index (Phi) is 1.87. The third-order valence-corrected chi connectivity index (χ3v) is 2.55. The Morgan fingerprint density at radius 3 is 2.93 bits per heavy atom. The number of anilines is 1. The third kappa shape index (κ3) is 1.45. The quantitative estimate of drug-likeness (QED) is 0.748. The molecule has 0 bridgehead atoms. The molecule has 0 saturated heterocycles. The average molecular weight is 201 g/mol. The monoisotopic (exact) mass is 201 g/mol. The summed E-state index contributed by atoms with van der Waals surface area (Å²) in [5.74, 6) is 0.877. The van der Waals surface area contributed by atoms with E-state index in [9.17, 15) is 0 Å². The van der Waals surface area contributed by atoms with Gasteiger partial charge in [0.2, 0.25) is 0 Å². The predicted molar refractivity (Wildman–Crippen MR) is 56.0 cm³/mol. The van der Waals surface area contributed by atoms with E-state index in [2.05, 4.69) is 26.6 Å². The van der Waals surface area contributed by atoms with Crippen molar-refractivity contribution in [2.24, 2.45) is 0 Å². The molecule has 0 atom stereocenters. The summed E-state index contributed by atoms with van der Waals surface area (Å²) in [6.45, 7) is 1.04. The van der Waals surface area contributed by atoms with E-state index in [4.69, 9.17) is 0 Å². The highest BCUT2D eigenvalue weighted by atomic mass is 15.3. The van der Waals surface area contributed by atoms with Crippen LogP contribution >= 0.6 is 0 Å². The van der Waals surface area contributed by atoms with E-state index in [1.165, 1.54) is 0 Å². The van der Waals surface area contributed by atoms with Crippen molar-refractivity contribution in [1.29, 1.82) is 0 Å². The lowest BCUT2D eigenvalue weighted by molar-refractivity contribution is 0.793. The van der Waals surface area contributed by atoms with Gasteiger partial charge in [-0.15, -0.1) is 10.2 Å². The molecule has 3 rings (SSSR count). The lowest BCUT2D eigenvalue weighted by Gasteiger charge is -2.17. The first-order chi connectivity index (χ1) is 7.43. The van der Waals surface area contributed by atoms with Crippen molar-refractivity contribution in [2.75, 3.05) is 11.9 Å². The molecule has 5 heteroatoms. The molecule has 76 valence electrons. The van der Waals surface area contributed by atoms with Gasteiger partial charge < -0.3 is 5.32 Å². The number of rotatable bonds is 1. The van der Waals surface area contributed by atoms with E-state index in [0.717, 1.165) is 36.6 Å². The number of hydrogen-bond donors (Lipinski definition) is 1. The fourth-order valence-electron chi connectivity index (χ4n) is 1.78. The number of fused-ring (bicyclic) bond motifs is 1. The molecule has 15 heavy (non-hydrogen) atoms. The normalized spacial score (nSPS) is 14.4. The minimum absolute atomic E-state index is 0.877. The Balaban J connectivity index is 2.04. The van der Waals surface area contributed by atoms with Gasteiger partial charge in [-0.25, -0.2) is 4.98 Å². The number of aryl methyl sites for hydroxylation is 1. The first kappa shape index (κ1) is 8.40. The second-order valence-corrected chi connectivity index (χ2v) is 3.56. The molecule has 0 radical (unpaired) electrons. The van der Waals surface area contributed by atoms with Crippen LogP contribution in [0.25, 0.3) is 5.82 Å². The van der Waals surface area contributed by atoms with E-state index >= 15 is 0 Å².